The quantitative estimate of drug-likeness (QED) is 0.565. The summed E-state index contributed by atoms with van der Waals surface area (Å²) >= 11 is 6.58. The van der Waals surface area contributed by atoms with E-state index in [1.54, 1.807) is 11.8 Å². The molecule has 13 heavy (non-hydrogen) atoms. The van der Waals surface area contributed by atoms with Gasteiger partial charge in [-0.05, 0) is 12.3 Å². The lowest BCUT2D eigenvalue weighted by molar-refractivity contribution is 0.0981. The van der Waals surface area contributed by atoms with Crippen LogP contribution >= 0.6 is 24.0 Å². The van der Waals surface area contributed by atoms with E-state index in [9.17, 15) is 4.79 Å². The lowest BCUT2D eigenvalue weighted by Gasteiger charge is -2.00. The van der Waals surface area contributed by atoms with Crippen molar-refractivity contribution in [2.24, 2.45) is 0 Å². The van der Waals surface area contributed by atoms with Crippen LogP contribution in [0.5, 0.6) is 0 Å². The number of nitrogens with one attached hydrogen (secondary N) is 1. The fraction of sp³-hybridized carbons (Fsp3) is 0.111. The Morgan fingerprint density at radius 3 is 2.92 bits per heavy atom. The summed E-state index contributed by atoms with van der Waals surface area (Å²) in [6, 6.07) is 5.71. The number of carbonyl (C=O) groups excluding carboxylic acids is 1. The molecule has 0 aliphatic carbocycles. The van der Waals surface area contributed by atoms with Crippen molar-refractivity contribution in [1.82, 2.24) is 5.32 Å². The molecule has 1 aromatic carbocycles. The fourth-order valence-electron chi connectivity index (χ4n) is 1.36. The van der Waals surface area contributed by atoms with Crippen LogP contribution in [0.25, 0.3) is 0 Å². The van der Waals surface area contributed by atoms with Gasteiger partial charge in [0.15, 0.2) is 0 Å². The number of hydrogen-bond acceptors (Lipinski definition) is 3. The number of fused-ring (bicyclic) bond motifs is 1. The number of carbonyl (C=O) groups is 1. The third-order valence-corrected chi connectivity index (χ3v) is 3.05. The normalized spacial score (nSPS) is 14.2. The Kier molecular flexibility index (Phi) is 2.09. The lowest BCUT2D eigenvalue weighted by atomic mass is 10.1. The predicted molar refractivity (Wildman–Crippen MR) is 57.4 cm³/mol. The van der Waals surface area contributed by atoms with Crippen LogP contribution in [0.3, 0.4) is 0 Å². The van der Waals surface area contributed by atoms with Gasteiger partial charge in [-0.1, -0.05) is 24.4 Å². The molecular formula is C9H7NOS2. The molecule has 4 heteroatoms. The first-order valence-corrected chi connectivity index (χ1v) is 5.40. The monoisotopic (exact) mass is 209 g/mol. The van der Waals surface area contributed by atoms with Crippen LogP contribution < -0.4 is 5.32 Å². The minimum atomic E-state index is -0.0787. The van der Waals surface area contributed by atoms with Crippen molar-refractivity contribution in [3.8, 4) is 0 Å². The second-order valence-corrected chi connectivity index (χ2v) is 3.92. The minimum Gasteiger partial charge on any atom is -0.312 e. The molecule has 0 spiro atoms. The summed E-state index contributed by atoms with van der Waals surface area (Å²) in [5.74, 6) is -0.0787. The van der Waals surface area contributed by atoms with Gasteiger partial charge in [0.05, 0.1) is 5.56 Å². The van der Waals surface area contributed by atoms with Crippen LogP contribution in [0.15, 0.2) is 23.1 Å². The van der Waals surface area contributed by atoms with Gasteiger partial charge in [-0.3, -0.25) is 4.79 Å². The van der Waals surface area contributed by atoms with Crippen LogP contribution in [-0.2, 0) is 0 Å². The van der Waals surface area contributed by atoms with Crippen molar-refractivity contribution in [2.45, 2.75) is 4.90 Å². The topological polar surface area (TPSA) is 29.1 Å². The van der Waals surface area contributed by atoms with E-state index < -0.39 is 0 Å². The molecule has 1 aliphatic heterocycles. The van der Waals surface area contributed by atoms with Gasteiger partial charge in [-0.15, -0.1) is 11.8 Å². The number of thioether (sulfide) groups is 1. The van der Waals surface area contributed by atoms with Crippen molar-refractivity contribution in [1.29, 1.82) is 0 Å². The summed E-state index contributed by atoms with van der Waals surface area (Å²) in [6.07, 6.45) is 1.95. The van der Waals surface area contributed by atoms with Crippen molar-refractivity contribution >= 4 is 34.9 Å². The second-order valence-electron chi connectivity index (χ2n) is 2.67. The van der Waals surface area contributed by atoms with E-state index >= 15 is 0 Å². The van der Waals surface area contributed by atoms with Gasteiger partial charge in [0.1, 0.15) is 4.99 Å². The maximum atomic E-state index is 11.4. The average Bonchev–Trinajstić information content (AvgIpc) is 2.43. The summed E-state index contributed by atoms with van der Waals surface area (Å²) in [4.78, 5) is 13.0. The Labute approximate surface area is 85.7 Å². The molecule has 2 nitrogen and oxygen atoms in total. The third-order valence-electron chi connectivity index (χ3n) is 1.94. The highest BCUT2D eigenvalue weighted by Gasteiger charge is 2.25. The molecule has 1 amide bonds. The molecule has 1 aromatic rings. The van der Waals surface area contributed by atoms with E-state index in [0.717, 1.165) is 16.0 Å². The zero-order valence-electron chi connectivity index (χ0n) is 6.96. The lowest BCUT2D eigenvalue weighted by Crippen LogP contribution is -2.19. The largest absolute Gasteiger partial charge is 0.312 e. The van der Waals surface area contributed by atoms with E-state index in [1.165, 1.54) is 0 Å². The van der Waals surface area contributed by atoms with E-state index in [0.29, 0.717) is 4.99 Å². The molecule has 0 fully saturated rings. The summed E-state index contributed by atoms with van der Waals surface area (Å²) < 4.78 is 0. The zero-order valence-corrected chi connectivity index (χ0v) is 8.59. The Morgan fingerprint density at radius 1 is 1.46 bits per heavy atom. The Hall–Kier alpha value is -0.870. The number of thiocarbonyl (C=S) groups is 1. The van der Waals surface area contributed by atoms with Gasteiger partial charge in [0.2, 0.25) is 0 Å². The van der Waals surface area contributed by atoms with Gasteiger partial charge < -0.3 is 5.32 Å². The van der Waals surface area contributed by atoms with E-state index in [4.69, 9.17) is 12.2 Å². The second kappa shape index (κ2) is 3.12. The summed E-state index contributed by atoms with van der Waals surface area (Å²) in [5, 5.41) is 2.64. The van der Waals surface area contributed by atoms with Gasteiger partial charge in [0.25, 0.3) is 5.91 Å². The van der Waals surface area contributed by atoms with Crippen molar-refractivity contribution in [2.75, 3.05) is 6.26 Å². The minimum absolute atomic E-state index is 0.0787. The Morgan fingerprint density at radius 2 is 2.23 bits per heavy atom. The summed E-state index contributed by atoms with van der Waals surface area (Å²) in [6.45, 7) is 0. The molecule has 0 aromatic heterocycles. The molecule has 0 unspecified atom stereocenters. The maximum Gasteiger partial charge on any atom is 0.258 e. The molecule has 2 rings (SSSR count). The highest BCUT2D eigenvalue weighted by atomic mass is 32.2. The highest BCUT2D eigenvalue weighted by molar-refractivity contribution is 7.98. The van der Waals surface area contributed by atoms with Gasteiger partial charge >= 0.3 is 0 Å². The Balaban J connectivity index is 2.69. The zero-order chi connectivity index (χ0) is 9.42. The fourth-order valence-corrected chi connectivity index (χ4v) is 2.24. The number of hydrogen-bond donors (Lipinski definition) is 1. The molecular weight excluding hydrogens is 202 g/mol. The van der Waals surface area contributed by atoms with Crippen molar-refractivity contribution in [3.63, 3.8) is 0 Å². The SMILES string of the molecule is CSc1cccc2c1C(=O)NC2=S. The van der Waals surface area contributed by atoms with Crippen molar-refractivity contribution in [3.05, 3.63) is 29.3 Å². The van der Waals surface area contributed by atoms with Crippen LogP contribution in [0.1, 0.15) is 15.9 Å². The summed E-state index contributed by atoms with van der Waals surface area (Å²) in [5.41, 5.74) is 1.58. The van der Waals surface area contributed by atoms with Crippen LogP contribution in [0.4, 0.5) is 0 Å². The molecule has 0 saturated carbocycles. The first-order chi connectivity index (χ1) is 6.24. The molecule has 0 radical (unpaired) electrons. The predicted octanol–water partition coefficient (Wildman–Crippen LogP) is 1.83. The number of benzene rings is 1. The van der Waals surface area contributed by atoms with E-state index in [2.05, 4.69) is 5.32 Å². The van der Waals surface area contributed by atoms with Gasteiger partial charge in [0, 0.05) is 10.5 Å². The first kappa shape index (κ1) is 8.72. The molecule has 0 saturated heterocycles. The van der Waals surface area contributed by atoms with Crippen LogP contribution in [-0.4, -0.2) is 17.2 Å². The molecule has 0 atom stereocenters. The molecule has 1 heterocycles. The van der Waals surface area contributed by atoms with Crippen molar-refractivity contribution < 1.29 is 4.79 Å². The van der Waals surface area contributed by atoms with E-state index in [-0.39, 0.29) is 5.91 Å². The molecule has 1 aliphatic rings. The first-order valence-electron chi connectivity index (χ1n) is 3.76. The highest BCUT2D eigenvalue weighted by Crippen LogP contribution is 2.26. The smallest absolute Gasteiger partial charge is 0.258 e. The third kappa shape index (κ3) is 1.26. The number of rotatable bonds is 1. The van der Waals surface area contributed by atoms with E-state index in [1.807, 2.05) is 24.5 Å². The Bertz CT molecular complexity index is 401. The van der Waals surface area contributed by atoms with Gasteiger partial charge in [-0.2, -0.15) is 0 Å². The van der Waals surface area contributed by atoms with Crippen LogP contribution in [0.2, 0.25) is 0 Å². The molecule has 66 valence electrons. The summed E-state index contributed by atoms with van der Waals surface area (Å²) in [7, 11) is 0. The standard InChI is InChI=1S/C9H7NOS2/c1-13-6-4-2-3-5-7(6)8(11)10-9(5)12/h2-4H,1H3,(H,10,11,12). The number of amides is 1. The van der Waals surface area contributed by atoms with Crippen LogP contribution in [0, 0.1) is 0 Å². The van der Waals surface area contributed by atoms with Gasteiger partial charge in [-0.25, -0.2) is 0 Å². The average molecular weight is 209 g/mol. The maximum absolute atomic E-state index is 11.4. The molecule has 0 bridgehead atoms. The molecule has 1 N–H and O–H groups in total.